The lowest BCUT2D eigenvalue weighted by Crippen LogP contribution is -2.37. The van der Waals surface area contributed by atoms with E-state index in [9.17, 15) is 4.79 Å². The van der Waals surface area contributed by atoms with Crippen LogP contribution in [0.2, 0.25) is 0 Å². The van der Waals surface area contributed by atoms with E-state index in [4.69, 9.17) is 0 Å². The molecule has 0 aliphatic carbocycles. The molecule has 0 aromatic carbocycles. The molecule has 0 fully saturated rings. The van der Waals surface area contributed by atoms with Gasteiger partial charge in [0.2, 0.25) is 5.91 Å². The highest BCUT2D eigenvalue weighted by Gasteiger charge is 2.07. The Balaban J connectivity index is 2.13. The third-order valence-corrected chi connectivity index (χ3v) is 3.15. The SMILES string of the molecule is CN(C)CCCNCC(=O)N(C)CCc1ccncc1. The first-order valence-electron chi connectivity index (χ1n) is 7.08. The number of pyridine rings is 1. The summed E-state index contributed by atoms with van der Waals surface area (Å²) in [7, 11) is 5.96. The third-order valence-electron chi connectivity index (χ3n) is 3.15. The highest BCUT2D eigenvalue weighted by molar-refractivity contribution is 5.77. The second-order valence-electron chi connectivity index (χ2n) is 5.25. The first kappa shape index (κ1) is 16.6. The van der Waals surface area contributed by atoms with E-state index < -0.39 is 0 Å². The summed E-state index contributed by atoms with van der Waals surface area (Å²) in [6, 6.07) is 3.97. The molecule has 20 heavy (non-hydrogen) atoms. The highest BCUT2D eigenvalue weighted by Crippen LogP contribution is 1.98. The van der Waals surface area contributed by atoms with Gasteiger partial charge in [-0.2, -0.15) is 0 Å². The van der Waals surface area contributed by atoms with Crippen molar-refractivity contribution in [1.29, 1.82) is 0 Å². The fourth-order valence-electron chi connectivity index (χ4n) is 1.82. The molecule has 0 spiro atoms. The standard InChI is InChI=1S/C15H26N4O/c1-18(2)11-4-8-17-13-15(20)19(3)12-7-14-5-9-16-10-6-14/h5-6,9-10,17H,4,7-8,11-13H2,1-3H3. The molecule has 1 heterocycles. The fourth-order valence-corrected chi connectivity index (χ4v) is 1.82. The number of rotatable bonds is 9. The van der Waals surface area contributed by atoms with Crippen LogP contribution in [0.25, 0.3) is 0 Å². The van der Waals surface area contributed by atoms with E-state index in [2.05, 4.69) is 29.3 Å². The number of carbonyl (C=O) groups excluding carboxylic acids is 1. The van der Waals surface area contributed by atoms with Crippen molar-refractivity contribution in [1.82, 2.24) is 20.1 Å². The Hall–Kier alpha value is -1.46. The smallest absolute Gasteiger partial charge is 0.236 e. The fraction of sp³-hybridized carbons (Fsp3) is 0.600. The van der Waals surface area contributed by atoms with Gasteiger partial charge in [0.1, 0.15) is 0 Å². The molecule has 0 aliphatic rings. The van der Waals surface area contributed by atoms with E-state index in [0.29, 0.717) is 6.54 Å². The van der Waals surface area contributed by atoms with E-state index in [1.165, 1.54) is 5.56 Å². The number of nitrogens with one attached hydrogen (secondary N) is 1. The van der Waals surface area contributed by atoms with Crippen molar-refractivity contribution in [3.8, 4) is 0 Å². The third kappa shape index (κ3) is 7.21. The first-order valence-corrected chi connectivity index (χ1v) is 7.08. The lowest BCUT2D eigenvalue weighted by atomic mass is 10.2. The summed E-state index contributed by atoms with van der Waals surface area (Å²) in [5.74, 6) is 0.143. The molecule has 0 aliphatic heterocycles. The van der Waals surface area contributed by atoms with Crippen molar-refractivity contribution in [2.75, 3.05) is 47.3 Å². The molecule has 1 rings (SSSR count). The molecule has 0 atom stereocenters. The highest BCUT2D eigenvalue weighted by atomic mass is 16.2. The average molecular weight is 278 g/mol. The zero-order chi connectivity index (χ0) is 14.8. The molecular formula is C15H26N4O. The molecule has 1 aromatic heterocycles. The van der Waals surface area contributed by atoms with Gasteiger partial charge in [-0.3, -0.25) is 9.78 Å². The molecule has 5 heteroatoms. The predicted molar refractivity (Wildman–Crippen MR) is 81.6 cm³/mol. The Labute approximate surface area is 122 Å². The maximum absolute atomic E-state index is 11.9. The van der Waals surface area contributed by atoms with Gasteiger partial charge in [-0.15, -0.1) is 0 Å². The molecule has 1 aromatic rings. The Morgan fingerprint density at radius 3 is 2.55 bits per heavy atom. The van der Waals surface area contributed by atoms with E-state index in [1.54, 1.807) is 17.3 Å². The maximum atomic E-state index is 11.9. The van der Waals surface area contributed by atoms with E-state index >= 15 is 0 Å². The largest absolute Gasteiger partial charge is 0.344 e. The normalized spacial score (nSPS) is 10.8. The first-order chi connectivity index (χ1) is 9.59. The average Bonchev–Trinajstić information content (AvgIpc) is 2.45. The minimum absolute atomic E-state index is 0.143. The van der Waals surface area contributed by atoms with Gasteiger partial charge in [0.25, 0.3) is 0 Å². The van der Waals surface area contributed by atoms with E-state index in [-0.39, 0.29) is 5.91 Å². The van der Waals surface area contributed by atoms with Crippen molar-refractivity contribution < 1.29 is 4.79 Å². The van der Waals surface area contributed by atoms with Crippen LogP contribution < -0.4 is 5.32 Å². The molecular weight excluding hydrogens is 252 g/mol. The summed E-state index contributed by atoms with van der Waals surface area (Å²) in [5.41, 5.74) is 1.21. The van der Waals surface area contributed by atoms with Gasteiger partial charge in [-0.25, -0.2) is 0 Å². The maximum Gasteiger partial charge on any atom is 0.236 e. The van der Waals surface area contributed by atoms with Gasteiger partial charge in [-0.1, -0.05) is 0 Å². The van der Waals surface area contributed by atoms with Gasteiger partial charge >= 0.3 is 0 Å². The van der Waals surface area contributed by atoms with Crippen LogP contribution in [-0.2, 0) is 11.2 Å². The van der Waals surface area contributed by atoms with Gasteiger partial charge in [0, 0.05) is 26.0 Å². The van der Waals surface area contributed by atoms with Crippen molar-refractivity contribution in [3.63, 3.8) is 0 Å². The quantitative estimate of drug-likeness (QED) is 0.673. The van der Waals surface area contributed by atoms with Gasteiger partial charge in [-0.05, 0) is 57.7 Å². The monoisotopic (exact) mass is 278 g/mol. The minimum Gasteiger partial charge on any atom is -0.344 e. The summed E-state index contributed by atoms with van der Waals surface area (Å²) in [6.45, 7) is 3.07. The number of likely N-dealkylation sites (N-methyl/N-ethyl adjacent to an activating group) is 1. The van der Waals surface area contributed by atoms with Crippen LogP contribution in [0.15, 0.2) is 24.5 Å². The van der Waals surface area contributed by atoms with Crippen LogP contribution in [0.1, 0.15) is 12.0 Å². The van der Waals surface area contributed by atoms with Crippen LogP contribution >= 0.6 is 0 Å². The van der Waals surface area contributed by atoms with Crippen molar-refractivity contribution >= 4 is 5.91 Å². The molecule has 1 N–H and O–H groups in total. The Kier molecular flexibility index (Phi) is 7.84. The van der Waals surface area contributed by atoms with Crippen LogP contribution in [0.4, 0.5) is 0 Å². The lowest BCUT2D eigenvalue weighted by molar-refractivity contribution is -0.128. The van der Waals surface area contributed by atoms with E-state index in [1.807, 2.05) is 19.2 Å². The second-order valence-corrected chi connectivity index (χ2v) is 5.25. The summed E-state index contributed by atoms with van der Waals surface area (Å²) in [4.78, 5) is 19.8. The van der Waals surface area contributed by atoms with Crippen LogP contribution in [0, 0.1) is 0 Å². The molecule has 0 unspecified atom stereocenters. The summed E-state index contributed by atoms with van der Waals surface area (Å²) >= 11 is 0. The summed E-state index contributed by atoms with van der Waals surface area (Å²) in [5, 5.41) is 3.19. The number of aromatic nitrogens is 1. The van der Waals surface area contributed by atoms with Gasteiger partial charge < -0.3 is 15.1 Å². The minimum atomic E-state index is 0.143. The molecule has 1 amide bonds. The topological polar surface area (TPSA) is 48.5 Å². The number of hydrogen-bond donors (Lipinski definition) is 1. The van der Waals surface area contributed by atoms with E-state index in [0.717, 1.165) is 32.5 Å². The molecule has 0 saturated heterocycles. The second kappa shape index (κ2) is 9.44. The van der Waals surface area contributed by atoms with Crippen LogP contribution in [-0.4, -0.2) is 68.0 Å². The van der Waals surface area contributed by atoms with Crippen LogP contribution in [0.5, 0.6) is 0 Å². The van der Waals surface area contributed by atoms with Crippen molar-refractivity contribution in [3.05, 3.63) is 30.1 Å². The Morgan fingerprint density at radius 2 is 1.90 bits per heavy atom. The predicted octanol–water partition coefficient (Wildman–Crippen LogP) is 0.624. The van der Waals surface area contributed by atoms with Gasteiger partial charge in [0.05, 0.1) is 6.54 Å². The van der Waals surface area contributed by atoms with Crippen LogP contribution in [0.3, 0.4) is 0 Å². The van der Waals surface area contributed by atoms with Crippen molar-refractivity contribution in [2.45, 2.75) is 12.8 Å². The summed E-state index contributed by atoms with van der Waals surface area (Å²) in [6.07, 6.45) is 5.49. The molecule has 112 valence electrons. The summed E-state index contributed by atoms with van der Waals surface area (Å²) < 4.78 is 0. The van der Waals surface area contributed by atoms with Gasteiger partial charge in [0.15, 0.2) is 0 Å². The molecule has 0 saturated carbocycles. The lowest BCUT2D eigenvalue weighted by Gasteiger charge is -2.17. The number of amides is 1. The zero-order valence-electron chi connectivity index (χ0n) is 12.8. The Bertz CT molecular complexity index is 381. The van der Waals surface area contributed by atoms with Crippen molar-refractivity contribution in [2.24, 2.45) is 0 Å². The zero-order valence-corrected chi connectivity index (χ0v) is 12.8. The molecule has 0 radical (unpaired) electrons. The Morgan fingerprint density at radius 1 is 1.20 bits per heavy atom. The molecule has 0 bridgehead atoms. The number of carbonyl (C=O) groups is 1. The number of hydrogen-bond acceptors (Lipinski definition) is 4. The number of nitrogens with zero attached hydrogens (tertiary/aromatic N) is 3. The molecule has 5 nitrogen and oxygen atoms in total.